The van der Waals surface area contributed by atoms with Gasteiger partial charge in [-0.05, 0) is 32.5 Å². The molecule has 3 heteroatoms. The van der Waals surface area contributed by atoms with Gasteiger partial charge in [-0.1, -0.05) is 17.7 Å². The number of nitrogens with one attached hydrogen (secondary N) is 1. The molecule has 1 heterocycles. The summed E-state index contributed by atoms with van der Waals surface area (Å²) in [5.74, 6) is 0. The lowest BCUT2D eigenvalue weighted by Crippen LogP contribution is -2.39. The molecule has 1 aliphatic rings. The van der Waals surface area contributed by atoms with Crippen molar-refractivity contribution in [1.29, 1.82) is 5.26 Å². The van der Waals surface area contributed by atoms with Gasteiger partial charge in [0.05, 0.1) is 6.07 Å². The molecule has 0 aromatic heterocycles. The number of nitrogens with zero attached hydrogens (tertiary/aromatic N) is 2. The third-order valence-electron chi connectivity index (χ3n) is 3.11. The molecule has 0 radical (unpaired) electrons. The van der Waals surface area contributed by atoms with Gasteiger partial charge in [-0.2, -0.15) is 5.26 Å². The second-order valence-electron chi connectivity index (χ2n) is 4.67. The van der Waals surface area contributed by atoms with Crippen LogP contribution in [0.2, 0.25) is 0 Å². The number of rotatable bonds is 2. The molecule has 1 saturated heterocycles. The highest BCUT2D eigenvalue weighted by molar-refractivity contribution is 5.49. The highest BCUT2D eigenvalue weighted by atomic mass is 15.2. The molecule has 84 valence electrons. The van der Waals surface area contributed by atoms with Crippen LogP contribution in [-0.4, -0.2) is 30.6 Å². The monoisotopic (exact) mass is 215 g/mol. The Hall–Kier alpha value is -1.53. The number of anilines is 1. The van der Waals surface area contributed by atoms with Crippen LogP contribution in [-0.2, 0) is 0 Å². The van der Waals surface area contributed by atoms with Crippen molar-refractivity contribution in [2.75, 3.05) is 25.5 Å². The summed E-state index contributed by atoms with van der Waals surface area (Å²) in [6.45, 7) is 3.83. The lowest BCUT2D eigenvalue weighted by atomic mass is 10.0. The van der Waals surface area contributed by atoms with Gasteiger partial charge < -0.3 is 10.2 Å². The Morgan fingerprint density at radius 1 is 1.38 bits per heavy atom. The fraction of sp³-hybridized carbons (Fsp3) is 0.462. The zero-order valence-electron chi connectivity index (χ0n) is 9.83. The van der Waals surface area contributed by atoms with E-state index in [1.54, 1.807) is 0 Å². The molecule has 1 unspecified atom stereocenters. The Balaban J connectivity index is 2.14. The summed E-state index contributed by atoms with van der Waals surface area (Å²) in [4.78, 5) is 2.18. The predicted octanol–water partition coefficient (Wildman–Crippen LogP) is 2.00. The Kier molecular flexibility index (Phi) is 2.84. The zero-order chi connectivity index (χ0) is 11.6. The Labute approximate surface area is 96.7 Å². The Morgan fingerprint density at radius 3 is 2.56 bits per heavy atom. The van der Waals surface area contributed by atoms with Gasteiger partial charge in [0.1, 0.15) is 5.54 Å². The molecule has 1 N–H and O–H groups in total. The topological polar surface area (TPSA) is 39.1 Å². The maximum absolute atomic E-state index is 9.31. The van der Waals surface area contributed by atoms with E-state index in [1.807, 2.05) is 12.1 Å². The number of hydrogen-bond donors (Lipinski definition) is 1. The standard InChI is InChI=1S/C13H17N3/c1-11-3-5-12(6-4-11)15-13(9-14)7-8-16(2)10-13/h3-6,15H,7-8,10H2,1-2H3. The highest BCUT2D eigenvalue weighted by Crippen LogP contribution is 2.24. The minimum atomic E-state index is -0.413. The zero-order valence-corrected chi connectivity index (χ0v) is 9.83. The maximum Gasteiger partial charge on any atom is 0.139 e. The molecule has 3 nitrogen and oxygen atoms in total. The second-order valence-corrected chi connectivity index (χ2v) is 4.67. The van der Waals surface area contributed by atoms with Gasteiger partial charge in [0, 0.05) is 18.8 Å². The van der Waals surface area contributed by atoms with Gasteiger partial charge >= 0.3 is 0 Å². The summed E-state index contributed by atoms with van der Waals surface area (Å²) in [5.41, 5.74) is 1.85. The van der Waals surface area contributed by atoms with Gasteiger partial charge in [0.25, 0.3) is 0 Å². The van der Waals surface area contributed by atoms with Crippen LogP contribution in [0.4, 0.5) is 5.69 Å². The first-order valence-corrected chi connectivity index (χ1v) is 5.58. The number of likely N-dealkylation sites (N-methyl/N-ethyl adjacent to an activating group) is 1. The molecular formula is C13H17N3. The second kappa shape index (κ2) is 4.15. The smallest absolute Gasteiger partial charge is 0.139 e. The summed E-state index contributed by atoms with van der Waals surface area (Å²) in [5, 5.41) is 12.7. The van der Waals surface area contributed by atoms with E-state index in [2.05, 4.69) is 42.4 Å². The molecular weight excluding hydrogens is 198 g/mol. The van der Waals surface area contributed by atoms with Gasteiger partial charge in [-0.25, -0.2) is 0 Å². The minimum absolute atomic E-state index is 0.413. The van der Waals surface area contributed by atoms with Crippen LogP contribution in [0, 0.1) is 18.3 Å². The maximum atomic E-state index is 9.31. The summed E-state index contributed by atoms with van der Waals surface area (Å²) >= 11 is 0. The molecule has 1 aliphatic heterocycles. The normalized spacial score (nSPS) is 25.3. The summed E-state index contributed by atoms with van der Waals surface area (Å²) in [6.07, 6.45) is 0.883. The van der Waals surface area contributed by atoms with Crippen molar-refractivity contribution in [2.45, 2.75) is 18.9 Å². The first-order valence-electron chi connectivity index (χ1n) is 5.58. The number of likely N-dealkylation sites (tertiary alicyclic amines) is 1. The largest absolute Gasteiger partial charge is 0.366 e. The molecule has 1 aromatic rings. The summed E-state index contributed by atoms with van der Waals surface area (Å²) in [7, 11) is 2.05. The molecule has 0 amide bonds. The van der Waals surface area contributed by atoms with Crippen LogP contribution in [0.5, 0.6) is 0 Å². The molecule has 0 saturated carbocycles. The van der Waals surface area contributed by atoms with Crippen molar-refractivity contribution < 1.29 is 0 Å². The summed E-state index contributed by atoms with van der Waals surface area (Å²) in [6, 6.07) is 10.6. The van der Waals surface area contributed by atoms with Crippen LogP contribution in [0.3, 0.4) is 0 Å². The molecule has 0 aliphatic carbocycles. The fourth-order valence-corrected chi connectivity index (χ4v) is 2.14. The quantitative estimate of drug-likeness (QED) is 0.820. The van der Waals surface area contributed by atoms with Crippen molar-refractivity contribution in [3.63, 3.8) is 0 Å². The number of nitriles is 1. The number of aryl methyl sites for hydroxylation is 1. The Bertz CT molecular complexity index is 404. The first kappa shape index (κ1) is 11.0. The van der Waals surface area contributed by atoms with E-state index in [0.29, 0.717) is 0 Å². The van der Waals surface area contributed by atoms with Crippen LogP contribution in [0.15, 0.2) is 24.3 Å². The van der Waals surface area contributed by atoms with Gasteiger partial charge in [0.15, 0.2) is 0 Å². The summed E-state index contributed by atoms with van der Waals surface area (Å²) < 4.78 is 0. The molecule has 0 spiro atoms. The fourth-order valence-electron chi connectivity index (χ4n) is 2.14. The average Bonchev–Trinajstić information content (AvgIpc) is 2.64. The number of benzene rings is 1. The third-order valence-corrected chi connectivity index (χ3v) is 3.11. The van der Waals surface area contributed by atoms with E-state index in [9.17, 15) is 5.26 Å². The van der Waals surface area contributed by atoms with E-state index < -0.39 is 5.54 Å². The SMILES string of the molecule is Cc1ccc(NC2(C#N)CCN(C)C2)cc1. The minimum Gasteiger partial charge on any atom is -0.366 e. The molecule has 1 atom stereocenters. The van der Waals surface area contributed by atoms with Gasteiger partial charge in [-0.3, -0.25) is 0 Å². The van der Waals surface area contributed by atoms with Crippen LogP contribution in [0.1, 0.15) is 12.0 Å². The van der Waals surface area contributed by atoms with Crippen molar-refractivity contribution in [2.24, 2.45) is 0 Å². The lowest BCUT2D eigenvalue weighted by molar-refractivity contribution is 0.403. The van der Waals surface area contributed by atoms with Crippen molar-refractivity contribution >= 4 is 5.69 Å². The van der Waals surface area contributed by atoms with E-state index in [1.165, 1.54) is 5.56 Å². The van der Waals surface area contributed by atoms with E-state index in [-0.39, 0.29) is 0 Å². The number of hydrogen-bond acceptors (Lipinski definition) is 3. The predicted molar refractivity (Wildman–Crippen MR) is 65.3 cm³/mol. The van der Waals surface area contributed by atoms with E-state index in [0.717, 1.165) is 25.2 Å². The van der Waals surface area contributed by atoms with E-state index >= 15 is 0 Å². The molecule has 2 rings (SSSR count). The lowest BCUT2D eigenvalue weighted by Gasteiger charge is -2.23. The average molecular weight is 215 g/mol. The molecule has 1 aromatic carbocycles. The first-order chi connectivity index (χ1) is 7.63. The van der Waals surface area contributed by atoms with Crippen molar-refractivity contribution in [1.82, 2.24) is 4.90 Å². The van der Waals surface area contributed by atoms with Crippen molar-refractivity contribution in [3.05, 3.63) is 29.8 Å². The van der Waals surface area contributed by atoms with Crippen LogP contribution in [0.25, 0.3) is 0 Å². The van der Waals surface area contributed by atoms with Crippen LogP contribution >= 0.6 is 0 Å². The van der Waals surface area contributed by atoms with E-state index in [4.69, 9.17) is 0 Å². The van der Waals surface area contributed by atoms with Crippen molar-refractivity contribution in [3.8, 4) is 6.07 Å². The Morgan fingerprint density at radius 2 is 2.06 bits per heavy atom. The van der Waals surface area contributed by atoms with Gasteiger partial charge in [0.2, 0.25) is 0 Å². The molecule has 1 fully saturated rings. The third kappa shape index (κ3) is 2.17. The van der Waals surface area contributed by atoms with Gasteiger partial charge in [-0.15, -0.1) is 0 Å². The highest BCUT2D eigenvalue weighted by Gasteiger charge is 2.36. The molecule has 0 bridgehead atoms. The molecule has 16 heavy (non-hydrogen) atoms. The van der Waals surface area contributed by atoms with Crippen LogP contribution < -0.4 is 5.32 Å².